The summed E-state index contributed by atoms with van der Waals surface area (Å²) in [4.78, 5) is 11.8. The van der Waals surface area contributed by atoms with Gasteiger partial charge in [0.1, 0.15) is 0 Å². The Labute approximate surface area is 146 Å². The number of aliphatic hydroxyl groups is 1. The van der Waals surface area contributed by atoms with Crippen LogP contribution in [-0.4, -0.2) is 83.8 Å². The van der Waals surface area contributed by atoms with Crippen molar-refractivity contribution in [2.24, 2.45) is 5.92 Å². The third-order valence-corrected chi connectivity index (χ3v) is 5.67. The van der Waals surface area contributed by atoms with Gasteiger partial charge < -0.3 is 10.0 Å². The summed E-state index contributed by atoms with van der Waals surface area (Å²) in [6.07, 6.45) is 7.09. The van der Waals surface area contributed by atoms with Crippen LogP contribution >= 0.6 is 0 Å². The number of piperidine rings is 1. The number of pyridine rings is 1. The summed E-state index contributed by atoms with van der Waals surface area (Å²) in [5.41, 5.74) is 1.35. The quantitative estimate of drug-likeness (QED) is 0.850. The van der Waals surface area contributed by atoms with Gasteiger partial charge in [-0.25, -0.2) is 0 Å². The average molecular weight is 332 g/mol. The highest BCUT2D eigenvalue weighted by molar-refractivity contribution is 5.09. The Bertz CT molecular complexity index is 476. The van der Waals surface area contributed by atoms with E-state index in [2.05, 4.69) is 38.9 Å². The number of aliphatic hydroxyl groups excluding tert-OH is 1. The largest absolute Gasteiger partial charge is 0.396 e. The van der Waals surface area contributed by atoms with Gasteiger partial charge in [0, 0.05) is 64.3 Å². The minimum absolute atomic E-state index is 0.316. The second kappa shape index (κ2) is 8.90. The molecular formula is C19H32N4O. The van der Waals surface area contributed by atoms with Crippen molar-refractivity contribution in [3.05, 3.63) is 30.1 Å². The minimum atomic E-state index is 0.316. The Morgan fingerprint density at radius 2 is 1.88 bits per heavy atom. The van der Waals surface area contributed by atoms with Gasteiger partial charge in [-0.05, 0) is 56.5 Å². The van der Waals surface area contributed by atoms with Crippen LogP contribution in [0.25, 0.3) is 0 Å². The molecule has 5 heteroatoms. The van der Waals surface area contributed by atoms with Gasteiger partial charge in [-0.2, -0.15) is 0 Å². The Kier molecular flexibility index (Phi) is 6.60. The third-order valence-electron chi connectivity index (χ3n) is 5.67. The summed E-state index contributed by atoms with van der Waals surface area (Å²) >= 11 is 0. The molecule has 0 radical (unpaired) electrons. The van der Waals surface area contributed by atoms with E-state index in [1.54, 1.807) is 0 Å². The van der Waals surface area contributed by atoms with Crippen LogP contribution in [0.5, 0.6) is 0 Å². The lowest BCUT2D eigenvalue weighted by Gasteiger charge is -2.46. The molecule has 0 aromatic carbocycles. The monoisotopic (exact) mass is 332 g/mol. The van der Waals surface area contributed by atoms with E-state index in [1.807, 2.05) is 12.4 Å². The molecule has 0 aliphatic carbocycles. The van der Waals surface area contributed by atoms with Gasteiger partial charge in [-0.1, -0.05) is 0 Å². The number of likely N-dealkylation sites (N-methyl/N-ethyl adjacent to an activating group) is 1. The van der Waals surface area contributed by atoms with Crippen molar-refractivity contribution in [2.75, 3.05) is 52.9 Å². The lowest BCUT2D eigenvalue weighted by Crippen LogP contribution is -2.56. The van der Waals surface area contributed by atoms with Gasteiger partial charge >= 0.3 is 0 Å². The van der Waals surface area contributed by atoms with E-state index in [4.69, 9.17) is 0 Å². The normalized spacial score (nSPS) is 27.4. The molecule has 0 unspecified atom stereocenters. The molecule has 2 aliphatic heterocycles. The number of hydrogen-bond acceptors (Lipinski definition) is 5. The first kappa shape index (κ1) is 17.8. The second-order valence-corrected chi connectivity index (χ2v) is 7.41. The van der Waals surface area contributed by atoms with Crippen LogP contribution in [0.3, 0.4) is 0 Å². The second-order valence-electron chi connectivity index (χ2n) is 7.41. The van der Waals surface area contributed by atoms with Crippen LogP contribution in [0.4, 0.5) is 0 Å². The van der Waals surface area contributed by atoms with Gasteiger partial charge in [-0.15, -0.1) is 0 Å². The Hall–Kier alpha value is -1.01. The summed E-state index contributed by atoms with van der Waals surface area (Å²) in [6, 6.07) is 4.93. The molecule has 1 aromatic heterocycles. The molecular weight excluding hydrogens is 300 g/mol. The molecule has 2 fully saturated rings. The smallest absolute Gasteiger partial charge is 0.0431 e. The third kappa shape index (κ3) is 4.76. The highest BCUT2D eigenvalue weighted by Crippen LogP contribution is 2.27. The fourth-order valence-electron chi connectivity index (χ4n) is 4.26. The van der Waals surface area contributed by atoms with Crippen molar-refractivity contribution in [3.63, 3.8) is 0 Å². The summed E-state index contributed by atoms with van der Waals surface area (Å²) in [6.45, 7) is 8.42. The van der Waals surface area contributed by atoms with Crippen molar-refractivity contribution in [1.82, 2.24) is 19.7 Å². The molecule has 3 heterocycles. The van der Waals surface area contributed by atoms with E-state index in [0.717, 1.165) is 25.9 Å². The summed E-state index contributed by atoms with van der Waals surface area (Å²) in [5, 5.41) is 9.29. The van der Waals surface area contributed by atoms with E-state index in [0.29, 0.717) is 18.6 Å². The molecule has 2 saturated heterocycles. The lowest BCUT2D eigenvalue weighted by atomic mass is 9.86. The molecule has 0 amide bonds. The fourth-order valence-corrected chi connectivity index (χ4v) is 4.26. The van der Waals surface area contributed by atoms with Crippen molar-refractivity contribution in [1.29, 1.82) is 0 Å². The van der Waals surface area contributed by atoms with Crippen molar-refractivity contribution < 1.29 is 5.11 Å². The number of nitrogens with zero attached hydrogens (tertiary/aromatic N) is 4. The van der Waals surface area contributed by atoms with Crippen LogP contribution in [0.15, 0.2) is 24.5 Å². The zero-order chi connectivity index (χ0) is 16.8. The first-order valence-corrected chi connectivity index (χ1v) is 9.41. The molecule has 24 heavy (non-hydrogen) atoms. The standard InChI is InChI=1S/C19H32N4O/c1-21-10-12-23(13-11-21)19-6-9-22(16-18(19)3-2-14-24)15-17-4-7-20-8-5-17/h4-5,7-8,18-19,24H,2-3,6,9-16H2,1H3/t18-,19+/m1/s1. The van der Waals surface area contributed by atoms with Gasteiger partial charge in [0.25, 0.3) is 0 Å². The highest BCUT2D eigenvalue weighted by atomic mass is 16.2. The molecule has 134 valence electrons. The van der Waals surface area contributed by atoms with E-state index >= 15 is 0 Å². The van der Waals surface area contributed by atoms with E-state index in [-0.39, 0.29) is 0 Å². The molecule has 0 bridgehead atoms. The molecule has 2 aliphatic rings. The summed E-state index contributed by atoms with van der Waals surface area (Å²) < 4.78 is 0. The van der Waals surface area contributed by atoms with Gasteiger partial charge in [0.05, 0.1) is 0 Å². The summed E-state index contributed by atoms with van der Waals surface area (Å²) in [7, 11) is 2.22. The molecule has 3 rings (SSSR count). The van der Waals surface area contributed by atoms with E-state index < -0.39 is 0 Å². The van der Waals surface area contributed by atoms with Gasteiger partial charge in [0.15, 0.2) is 0 Å². The molecule has 2 atom stereocenters. The van der Waals surface area contributed by atoms with E-state index in [9.17, 15) is 5.11 Å². The predicted molar refractivity (Wildman–Crippen MR) is 96.8 cm³/mol. The van der Waals surface area contributed by atoms with Crippen molar-refractivity contribution >= 4 is 0 Å². The topological polar surface area (TPSA) is 42.8 Å². The first-order valence-electron chi connectivity index (χ1n) is 9.41. The number of rotatable bonds is 6. The number of aromatic nitrogens is 1. The molecule has 0 saturated carbocycles. The van der Waals surface area contributed by atoms with Gasteiger partial charge in [0.2, 0.25) is 0 Å². The Morgan fingerprint density at radius 3 is 2.58 bits per heavy atom. The van der Waals surface area contributed by atoms with Gasteiger partial charge in [-0.3, -0.25) is 14.8 Å². The average Bonchev–Trinajstić information content (AvgIpc) is 2.62. The summed E-state index contributed by atoms with van der Waals surface area (Å²) in [5.74, 6) is 0.677. The fraction of sp³-hybridized carbons (Fsp3) is 0.737. The minimum Gasteiger partial charge on any atom is -0.396 e. The maximum Gasteiger partial charge on any atom is 0.0431 e. The maximum atomic E-state index is 9.29. The number of piperazine rings is 1. The van der Waals surface area contributed by atoms with Crippen LogP contribution in [0.1, 0.15) is 24.8 Å². The Morgan fingerprint density at radius 1 is 1.12 bits per heavy atom. The highest BCUT2D eigenvalue weighted by Gasteiger charge is 2.33. The van der Waals surface area contributed by atoms with Crippen molar-refractivity contribution in [2.45, 2.75) is 31.8 Å². The zero-order valence-electron chi connectivity index (χ0n) is 15.0. The molecule has 5 nitrogen and oxygen atoms in total. The maximum absolute atomic E-state index is 9.29. The first-order chi connectivity index (χ1) is 11.8. The molecule has 1 N–H and O–H groups in total. The van der Waals surface area contributed by atoms with Crippen molar-refractivity contribution in [3.8, 4) is 0 Å². The Balaban J connectivity index is 1.59. The molecule has 0 spiro atoms. The zero-order valence-corrected chi connectivity index (χ0v) is 15.0. The van der Waals surface area contributed by atoms with Crippen LogP contribution in [0, 0.1) is 5.92 Å². The van der Waals surface area contributed by atoms with Crippen LogP contribution < -0.4 is 0 Å². The van der Waals surface area contributed by atoms with Crippen LogP contribution in [0.2, 0.25) is 0 Å². The predicted octanol–water partition coefficient (Wildman–Crippen LogP) is 1.29. The molecule has 1 aromatic rings. The number of hydrogen-bond donors (Lipinski definition) is 1. The SMILES string of the molecule is CN1CCN([C@H]2CCN(Cc3ccncc3)C[C@H]2CCCO)CC1. The number of likely N-dealkylation sites (tertiary alicyclic amines) is 1. The van der Waals surface area contributed by atoms with Crippen LogP contribution in [-0.2, 0) is 6.54 Å². The lowest BCUT2D eigenvalue weighted by molar-refractivity contribution is 0.0212. The van der Waals surface area contributed by atoms with E-state index in [1.165, 1.54) is 44.7 Å².